The second-order valence-corrected chi connectivity index (χ2v) is 7.26. The molecular formula is C19H29N3O. The van der Waals surface area contributed by atoms with Gasteiger partial charge in [-0.25, -0.2) is 0 Å². The molecule has 1 aromatic carbocycles. The second kappa shape index (κ2) is 7.02. The summed E-state index contributed by atoms with van der Waals surface area (Å²) in [5.74, 6) is 0.173. The molecule has 2 aliphatic rings. The summed E-state index contributed by atoms with van der Waals surface area (Å²) >= 11 is 0. The van der Waals surface area contributed by atoms with E-state index in [1.165, 1.54) is 12.0 Å². The van der Waals surface area contributed by atoms with Crippen LogP contribution in [0.25, 0.3) is 0 Å². The van der Waals surface area contributed by atoms with Crippen molar-refractivity contribution in [1.29, 1.82) is 0 Å². The van der Waals surface area contributed by atoms with E-state index in [0.717, 1.165) is 39.0 Å². The van der Waals surface area contributed by atoms with Crippen LogP contribution in [0.3, 0.4) is 0 Å². The van der Waals surface area contributed by atoms with Crippen molar-refractivity contribution in [2.75, 3.05) is 32.7 Å². The normalized spacial score (nSPS) is 21.9. The van der Waals surface area contributed by atoms with Crippen LogP contribution < -0.4 is 5.32 Å². The van der Waals surface area contributed by atoms with Crippen LogP contribution in [0, 0.1) is 0 Å². The number of hydrogen-bond donors (Lipinski definition) is 1. The predicted molar refractivity (Wildman–Crippen MR) is 93.3 cm³/mol. The third kappa shape index (κ3) is 3.75. The Labute approximate surface area is 139 Å². The molecule has 0 atom stereocenters. The number of nitrogens with one attached hydrogen (secondary N) is 1. The first-order valence-electron chi connectivity index (χ1n) is 8.92. The molecule has 0 spiro atoms. The number of hydrogen-bond acceptors (Lipinski definition) is 3. The highest BCUT2D eigenvalue weighted by molar-refractivity contribution is 5.79. The van der Waals surface area contributed by atoms with Crippen molar-refractivity contribution >= 4 is 5.91 Å². The highest BCUT2D eigenvalue weighted by Crippen LogP contribution is 2.41. The van der Waals surface area contributed by atoms with E-state index >= 15 is 0 Å². The third-order valence-corrected chi connectivity index (χ3v) is 5.42. The second-order valence-electron chi connectivity index (χ2n) is 7.26. The molecule has 1 aliphatic heterocycles. The molecule has 1 heterocycles. The van der Waals surface area contributed by atoms with E-state index in [0.29, 0.717) is 12.6 Å². The van der Waals surface area contributed by atoms with Gasteiger partial charge in [0.1, 0.15) is 0 Å². The van der Waals surface area contributed by atoms with Gasteiger partial charge in [0.15, 0.2) is 0 Å². The van der Waals surface area contributed by atoms with Gasteiger partial charge < -0.3 is 5.32 Å². The Balaban J connectivity index is 1.53. The summed E-state index contributed by atoms with van der Waals surface area (Å²) in [7, 11) is 0. The first kappa shape index (κ1) is 16.5. The maximum Gasteiger partial charge on any atom is 0.234 e. The van der Waals surface area contributed by atoms with Gasteiger partial charge in [-0.1, -0.05) is 30.3 Å². The molecule has 23 heavy (non-hydrogen) atoms. The number of piperazine rings is 1. The first-order chi connectivity index (χ1) is 11.1. The van der Waals surface area contributed by atoms with E-state index in [2.05, 4.69) is 53.2 Å². The fourth-order valence-electron chi connectivity index (χ4n) is 3.72. The molecule has 2 fully saturated rings. The minimum absolute atomic E-state index is 0.113. The summed E-state index contributed by atoms with van der Waals surface area (Å²) in [6.07, 6.45) is 3.32. The molecule has 4 heteroatoms. The molecule has 1 aliphatic carbocycles. The van der Waals surface area contributed by atoms with Crippen LogP contribution in [0.5, 0.6) is 0 Å². The van der Waals surface area contributed by atoms with Crippen molar-refractivity contribution in [1.82, 2.24) is 15.1 Å². The molecule has 1 aromatic rings. The number of carbonyl (C=O) groups excluding carboxylic acids is 1. The van der Waals surface area contributed by atoms with Crippen LogP contribution in [0.2, 0.25) is 0 Å². The number of carbonyl (C=O) groups is 1. The lowest BCUT2D eigenvalue weighted by Crippen LogP contribution is -2.55. The van der Waals surface area contributed by atoms with E-state index in [1.54, 1.807) is 0 Å². The molecular weight excluding hydrogens is 286 g/mol. The predicted octanol–water partition coefficient (Wildman–Crippen LogP) is 2.21. The highest BCUT2D eigenvalue weighted by Gasteiger charge is 2.40. The van der Waals surface area contributed by atoms with Crippen LogP contribution in [0.1, 0.15) is 38.7 Å². The fraction of sp³-hybridized carbons (Fsp3) is 0.632. The number of benzene rings is 1. The lowest BCUT2D eigenvalue weighted by Gasteiger charge is -2.44. The molecule has 0 radical (unpaired) electrons. The molecule has 3 rings (SSSR count). The average Bonchev–Trinajstić information content (AvgIpc) is 2.52. The first-order valence-corrected chi connectivity index (χ1v) is 8.92. The van der Waals surface area contributed by atoms with Gasteiger partial charge in [0.2, 0.25) is 5.91 Å². The van der Waals surface area contributed by atoms with E-state index in [9.17, 15) is 4.79 Å². The van der Waals surface area contributed by atoms with E-state index in [-0.39, 0.29) is 11.4 Å². The molecule has 0 aromatic heterocycles. The number of amides is 1. The van der Waals surface area contributed by atoms with E-state index < -0.39 is 0 Å². The minimum Gasteiger partial charge on any atom is -0.345 e. The summed E-state index contributed by atoms with van der Waals surface area (Å²) in [5, 5.41) is 3.33. The number of nitrogens with zero attached hydrogens (tertiary/aromatic N) is 2. The Morgan fingerprint density at radius 1 is 1.13 bits per heavy atom. The SMILES string of the molecule is CC(C)N1CCN(CC(=O)NC2(c3ccccc3)CCC2)CC1. The summed E-state index contributed by atoms with van der Waals surface area (Å²) < 4.78 is 0. The maximum atomic E-state index is 12.5. The lowest BCUT2D eigenvalue weighted by molar-refractivity contribution is -0.126. The molecule has 1 amide bonds. The Kier molecular flexibility index (Phi) is 5.02. The molecule has 1 saturated carbocycles. The van der Waals surface area contributed by atoms with Gasteiger partial charge in [0.25, 0.3) is 0 Å². The van der Waals surface area contributed by atoms with Gasteiger partial charge in [0, 0.05) is 32.2 Å². The zero-order valence-electron chi connectivity index (χ0n) is 14.4. The zero-order chi connectivity index (χ0) is 16.3. The summed E-state index contributed by atoms with van der Waals surface area (Å²) in [5.41, 5.74) is 1.14. The van der Waals surface area contributed by atoms with Crippen molar-refractivity contribution in [2.24, 2.45) is 0 Å². The van der Waals surface area contributed by atoms with Gasteiger partial charge in [-0.05, 0) is 38.7 Å². The van der Waals surface area contributed by atoms with Crippen LogP contribution in [-0.2, 0) is 10.3 Å². The molecule has 0 unspecified atom stereocenters. The molecule has 4 nitrogen and oxygen atoms in total. The average molecular weight is 315 g/mol. The van der Waals surface area contributed by atoms with Crippen LogP contribution in [0.4, 0.5) is 0 Å². The Morgan fingerprint density at radius 2 is 1.78 bits per heavy atom. The zero-order valence-corrected chi connectivity index (χ0v) is 14.4. The van der Waals surface area contributed by atoms with Gasteiger partial charge in [-0.15, -0.1) is 0 Å². The standard InChI is InChI=1S/C19H29N3O/c1-16(2)22-13-11-21(12-14-22)15-18(23)20-19(9-6-10-19)17-7-4-3-5-8-17/h3-5,7-8,16H,6,9-15H2,1-2H3,(H,20,23). The summed E-state index contributed by atoms with van der Waals surface area (Å²) in [6, 6.07) is 11.0. The molecule has 0 bridgehead atoms. The van der Waals surface area contributed by atoms with Crippen molar-refractivity contribution < 1.29 is 4.79 Å². The smallest absolute Gasteiger partial charge is 0.234 e. The van der Waals surface area contributed by atoms with E-state index in [1.807, 2.05) is 6.07 Å². The topological polar surface area (TPSA) is 35.6 Å². The van der Waals surface area contributed by atoms with Gasteiger partial charge in [-0.3, -0.25) is 14.6 Å². The lowest BCUT2D eigenvalue weighted by atomic mass is 9.72. The Morgan fingerprint density at radius 3 is 2.30 bits per heavy atom. The fourth-order valence-corrected chi connectivity index (χ4v) is 3.72. The monoisotopic (exact) mass is 315 g/mol. The quantitative estimate of drug-likeness (QED) is 0.905. The molecule has 1 N–H and O–H groups in total. The maximum absolute atomic E-state index is 12.5. The van der Waals surface area contributed by atoms with Crippen molar-refractivity contribution in [3.8, 4) is 0 Å². The Hall–Kier alpha value is -1.39. The highest BCUT2D eigenvalue weighted by atomic mass is 16.2. The van der Waals surface area contributed by atoms with Crippen LogP contribution in [0.15, 0.2) is 30.3 Å². The summed E-state index contributed by atoms with van der Waals surface area (Å²) in [6.45, 7) is 9.11. The largest absolute Gasteiger partial charge is 0.345 e. The summed E-state index contributed by atoms with van der Waals surface area (Å²) in [4.78, 5) is 17.3. The van der Waals surface area contributed by atoms with E-state index in [4.69, 9.17) is 0 Å². The van der Waals surface area contributed by atoms with Gasteiger partial charge in [-0.2, -0.15) is 0 Å². The van der Waals surface area contributed by atoms with Gasteiger partial charge in [0.05, 0.1) is 12.1 Å². The molecule has 126 valence electrons. The van der Waals surface area contributed by atoms with Gasteiger partial charge >= 0.3 is 0 Å². The Bertz CT molecular complexity index is 517. The van der Waals surface area contributed by atoms with Crippen molar-refractivity contribution in [3.05, 3.63) is 35.9 Å². The third-order valence-electron chi connectivity index (χ3n) is 5.42. The van der Waals surface area contributed by atoms with Crippen LogP contribution >= 0.6 is 0 Å². The minimum atomic E-state index is -0.113. The molecule has 1 saturated heterocycles. The van der Waals surface area contributed by atoms with Crippen molar-refractivity contribution in [3.63, 3.8) is 0 Å². The van der Waals surface area contributed by atoms with Crippen LogP contribution in [-0.4, -0.2) is 54.5 Å². The number of rotatable bonds is 5. The van der Waals surface area contributed by atoms with Crippen molar-refractivity contribution in [2.45, 2.75) is 44.7 Å².